The lowest BCUT2D eigenvalue weighted by Crippen LogP contribution is -2.44. The summed E-state index contributed by atoms with van der Waals surface area (Å²) in [4.78, 5) is 29.3. The summed E-state index contributed by atoms with van der Waals surface area (Å²) in [6.45, 7) is 4.64. The van der Waals surface area contributed by atoms with Gasteiger partial charge in [-0.05, 0) is 26.4 Å². The van der Waals surface area contributed by atoms with Crippen LogP contribution in [0.4, 0.5) is 0 Å². The van der Waals surface area contributed by atoms with Gasteiger partial charge in [0.25, 0.3) is 5.91 Å². The third kappa shape index (κ3) is 3.90. The van der Waals surface area contributed by atoms with Gasteiger partial charge in [0.05, 0.1) is 30.8 Å². The van der Waals surface area contributed by atoms with Crippen molar-refractivity contribution >= 4 is 34.2 Å². The van der Waals surface area contributed by atoms with E-state index in [0.29, 0.717) is 25.3 Å². The van der Waals surface area contributed by atoms with Gasteiger partial charge < -0.3 is 14.3 Å². The van der Waals surface area contributed by atoms with Gasteiger partial charge in [-0.2, -0.15) is 0 Å². The van der Waals surface area contributed by atoms with Crippen molar-refractivity contribution in [3.05, 3.63) is 17.5 Å². The molecule has 3 heterocycles. The summed E-state index contributed by atoms with van der Waals surface area (Å²) in [7, 11) is 0.0730. The number of likely N-dealkylation sites (tertiary alicyclic amines) is 1. The Morgan fingerprint density at radius 1 is 1.39 bits per heavy atom. The number of hydrogen-bond donors (Lipinski definition) is 0. The zero-order valence-electron chi connectivity index (χ0n) is 16.7. The smallest absolute Gasteiger partial charge is 0.276 e. The molecule has 28 heavy (non-hydrogen) atoms. The number of rotatable bonds is 5. The minimum atomic E-state index is -3.69. The van der Waals surface area contributed by atoms with Crippen molar-refractivity contribution in [2.24, 2.45) is 11.8 Å². The largest absolute Gasteiger partial charge is 0.359 e. The normalized spacial score (nSPS) is 24.8. The van der Waals surface area contributed by atoms with Gasteiger partial charge in [0.15, 0.2) is 11.5 Å². The Bertz CT molecular complexity index is 853. The Hall–Kier alpha value is -1.65. The second-order valence-corrected chi connectivity index (χ2v) is 9.79. The molecule has 2 amide bonds. The maximum atomic E-state index is 13.0. The molecule has 2 saturated heterocycles. The molecule has 0 radical (unpaired) electrons. The lowest BCUT2D eigenvalue weighted by atomic mass is 9.88. The lowest BCUT2D eigenvalue weighted by Gasteiger charge is -2.28. The molecule has 158 valence electrons. The number of nitrogens with zero attached hydrogens (tertiary/aromatic N) is 4. The first-order chi connectivity index (χ1) is 12.5. The van der Waals surface area contributed by atoms with Crippen molar-refractivity contribution in [1.82, 2.24) is 19.3 Å². The maximum absolute atomic E-state index is 13.0. The molecule has 0 spiro atoms. The highest BCUT2D eigenvalue weighted by Crippen LogP contribution is 2.41. The Morgan fingerprint density at radius 2 is 2.04 bits per heavy atom. The Kier molecular flexibility index (Phi) is 6.47. The van der Waals surface area contributed by atoms with Crippen LogP contribution in [-0.2, 0) is 21.4 Å². The average Bonchev–Trinajstić information content (AvgIpc) is 3.18. The van der Waals surface area contributed by atoms with Crippen molar-refractivity contribution in [3.63, 3.8) is 0 Å². The molecule has 9 nitrogen and oxygen atoms in total. The highest BCUT2D eigenvalue weighted by atomic mass is 35.5. The van der Waals surface area contributed by atoms with Crippen molar-refractivity contribution < 1.29 is 22.5 Å². The lowest BCUT2D eigenvalue weighted by molar-refractivity contribution is -0.129. The standard InChI is InChI=1S/C17H26N4O5S.ClH/c1-10(2)14-15-13(21(17(14)23)27(5,24)25)6-7-20(15)16(22)12-8-11(26-18-12)9-19(3)4;/h8,10,13-15H,6-7,9H2,1-5H3;1H/t13-,14+,15-;/m0./s1. The van der Waals surface area contributed by atoms with Crippen molar-refractivity contribution in [1.29, 1.82) is 0 Å². The minimum absolute atomic E-state index is 0. The molecule has 0 saturated carbocycles. The number of halogens is 1. The van der Waals surface area contributed by atoms with Crippen molar-refractivity contribution in [3.8, 4) is 0 Å². The third-order valence-corrected chi connectivity index (χ3v) is 6.34. The van der Waals surface area contributed by atoms with Gasteiger partial charge >= 0.3 is 0 Å². The second-order valence-electron chi connectivity index (χ2n) is 7.93. The Labute approximate surface area is 171 Å². The van der Waals surface area contributed by atoms with E-state index in [1.807, 2.05) is 32.8 Å². The summed E-state index contributed by atoms with van der Waals surface area (Å²) in [5.41, 5.74) is 0.181. The molecule has 1 aromatic rings. The molecule has 1 aromatic heterocycles. The highest BCUT2D eigenvalue weighted by Gasteiger charge is 2.58. The van der Waals surface area contributed by atoms with Crippen LogP contribution in [-0.4, -0.2) is 78.5 Å². The first kappa shape index (κ1) is 22.6. The first-order valence-electron chi connectivity index (χ1n) is 8.97. The fourth-order valence-corrected chi connectivity index (χ4v) is 5.39. The number of fused-ring (bicyclic) bond motifs is 1. The Morgan fingerprint density at radius 3 is 2.57 bits per heavy atom. The van der Waals surface area contributed by atoms with Gasteiger partial charge in [-0.25, -0.2) is 12.7 Å². The summed E-state index contributed by atoms with van der Waals surface area (Å²) in [6.07, 6.45) is 1.47. The van der Waals surface area contributed by atoms with E-state index < -0.39 is 33.9 Å². The van der Waals surface area contributed by atoms with Gasteiger partial charge in [-0.3, -0.25) is 9.59 Å². The topological polar surface area (TPSA) is 104 Å². The number of amides is 2. The van der Waals surface area contributed by atoms with Gasteiger partial charge in [0, 0.05) is 12.6 Å². The second kappa shape index (κ2) is 8.00. The SMILES string of the molecule is CC(C)[C@H]1C(=O)N(S(C)(=O)=O)[C@H]2CCN(C(=O)c3cc(CN(C)C)on3)[C@H]12.Cl. The summed E-state index contributed by atoms with van der Waals surface area (Å²) in [5.74, 6) is -0.825. The van der Waals surface area contributed by atoms with Crippen LogP contribution in [0, 0.1) is 11.8 Å². The molecular formula is C17H27ClN4O5S. The molecule has 0 unspecified atom stereocenters. The van der Waals surface area contributed by atoms with Crippen LogP contribution in [0.5, 0.6) is 0 Å². The maximum Gasteiger partial charge on any atom is 0.276 e. The van der Waals surface area contributed by atoms with Crippen LogP contribution < -0.4 is 0 Å². The van der Waals surface area contributed by atoms with E-state index in [0.717, 1.165) is 10.6 Å². The molecule has 3 atom stereocenters. The van der Waals surface area contributed by atoms with Crippen molar-refractivity contribution in [2.75, 3.05) is 26.9 Å². The van der Waals surface area contributed by atoms with E-state index in [2.05, 4.69) is 5.16 Å². The van der Waals surface area contributed by atoms with Crippen LogP contribution in [0.3, 0.4) is 0 Å². The van der Waals surface area contributed by atoms with Gasteiger partial charge in [0.2, 0.25) is 15.9 Å². The molecule has 2 aliphatic rings. The molecule has 0 bridgehead atoms. The minimum Gasteiger partial charge on any atom is -0.359 e. The Balaban J connectivity index is 0.00000280. The first-order valence-corrected chi connectivity index (χ1v) is 10.8. The molecule has 0 N–H and O–H groups in total. The number of carbonyl (C=O) groups is 2. The zero-order chi connectivity index (χ0) is 20.1. The van der Waals surface area contributed by atoms with Gasteiger partial charge in [-0.1, -0.05) is 19.0 Å². The van der Waals surface area contributed by atoms with Crippen LogP contribution >= 0.6 is 12.4 Å². The van der Waals surface area contributed by atoms with E-state index in [1.165, 1.54) is 0 Å². The quantitative estimate of drug-likeness (QED) is 0.675. The third-order valence-electron chi connectivity index (χ3n) is 5.18. The van der Waals surface area contributed by atoms with E-state index in [1.54, 1.807) is 11.0 Å². The summed E-state index contributed by atoms with van der Waals surface area (Å²) in [5, 5.41) is 3.87. The van der Waals surface area contributed by atoms with E-state index in [-0.39, 0.29) is 29.9 Å². The van der Waals surface area contributed by atoms with Crippen LogP contribution in [0.25, 0.3) is 0 Å². The number of sulfonamides is 1. The summed E-state index contributed by atoms with van der Waals surface area (Å²) in [6, 6.07) is 0.608. The van der Waals surface area contributed by atoms with Gasteiger partial charge in [0.1, 0.15) is 0 Å². The van der Waals surface area contributed by atoms with Crippen LogP contribution in [0.2, 0.25) is 0 Å². The molecule has 11 heteroatoms. The molecule has 2 aliphatic heterocycles. The van der Waals surface area contributed by atoms with E-state index in [4.69, 9.17) is 4.52 Å². The number of aromatic nitrogens is 1. The summed E-state index contributed by atoms with van der Waals surface area (Å²) >= 11 is 0. The monoisotopic (exact) mass is 434 g/mol. The summed E-state index contributed by atoms with van der Waals surface area (Å²) < 4.78 is 30.6. The van der Waals surface area contributed by atoms with Crippen molar-refractivity contribution in [2.45, 2.75) is 38.9 Å². The highest BCUT2D eigenvalue weighted by molar-refractivity contribution is 7.88. The molecule has 3 rings (SSSR count). The predicted molar refractivity (Wildman–Crippen MR) is 104 cm³/mol. The fraction of sp³-hybridized carbons (Fsp3) is 0.706. The van der Waals surface area contributed by atoms with E-state index >= 15 is 0 Å². The predicted octanol–water partition coefficient (Wildman–Crippen LogP) is 0.815. The number of carbonyl (C=O) groups excluding carboxylic acids is 2. The van der Waals surface area contributed by atoms with Crippen LogP contribution in [0.15, 0.2) is 10.6 Å². The fourth-order valence-electron chi connectivity index (χ4n) is 4.22. The molecule has 0 aromatic carbocycles. The molecule has 0 aliphatic carbocycles. The molecular weight excluding hydrogens is 408 g/mol. The number of hydrogen-bond acceptors (Lipinski definition) is 7. The van der Waals surface area contributed by atoms with E-state index in [9.17, 15) is 18.0 Å². The molecule has 2 fully saturated rings. The average molecular weight is 435 g/mol. The van der Waals surface area contributed by atoms with Crippen LogP contribution in [0.1, 0.15) is 36.5 Å². The zero-order valence-corrected chi connectivity index (χ0v) is 18.3. The van der Waals surface area contributed by atoms with Gasteiger partial charge in [-0.15, -0.1) is 12.4 Å².